The van der Waals surface area contributed by atoms with Crippen LogP contribution in [0.2, 0.25) is 5.15 Å². The van der Waals surface area contributed by atoms with Gasteiger partial charge in [0.25, 0.3) is 5.91 Å². The quantitative estimate of drug-likeness (QED) is 0.721. The maximum atomic E-state index is 11.5. The molecule has 0 aromatic carbocycles. The molecule has 1 N–H and O–H groups in total. The van der Waals surface area contributed by atoms with Crippen LogP contribution in [0.15, 0.2) is 12.3 Å². The smallest absolute Gasteiger partial charge is 0.251 e. The number of rotatable bonds is 1. The third-order valence-corrected chi connectivity index (χ3v) is 2.79. The molecule has 0 bridgehead atoms. The number of fused-ring (bicyclic) bond motifs is 1. The number of hydrogen-bond acceptors (Lipinski definition) is 2. The molecule has 0 radical (unpaired) electrons. The minimum absolute atomic E-state index is 0.0472. The molecule has 1 aliphatic heterocycles. The Balaban J connectivity index is 2.51. The first-order valence-corrected chi connectivity index (χ1v) is 5.03. The molecule has 0 saturated carbocycles. The summed E-state index contributed by atoms with van der Waals surface area (Å²) in [6, 6.07) is 1.63. The molecule has 0 saturated heterocycles. The molecule has 2 heterocycles. The van der Waals surface area contributed by atoms with Crippen LogP contribution in [0, 0.1) is 0 Å². The Bertz CT molecular complexity index is 378. The fourth-order valence-corrected chi connectivity index (χ4v) is 1.91. The highest BCUT2D eigenvalue weighted by atomic mass is 35.5. The second-order valence-electron chi connectivity index (χ2n) is 3.41. The normalized spacial score (nSPS) is 20.1. The SMILES string of the molecule is CCC1CNC(=O)c2cc(Cl)ncc21. The number of amides is 1. The first kappa shape index (κ1) is 9.46. The van der Waals surface area contributed by atoms with Crippen molar-refractivity contribution in [3.05, 3.63) is 28.5 Å². The molecule has 1 aromatic rings. The molecule has 0 fully saturated rings. The van der Waals surface area contributed by atoms with Gasteiger partial charge < -0.3 is 5.32 Å². The van der Waals surface area contributed by atoms with E-state index in [2.05, 4.69) is 17.2 Å². The van der Waals surface area contributed by atoms with E-state index in [9.17, 15) is 4.79 Å². The van der Waals surface area contributed by atoms with Crippen LogP contribution in [0.25, 0.3) is 0 Å². The van der Waals surface area contributed by atoms with E-state index in [0.717, 1.165) is 12.0 Å². The number of hydrogen-bond donors (Lipinski definition) is 1. The summed E-state index contributed by atoms with van der Waals surface area (Å²) < 4.78 is 0. The van der Waals surface area contributed by atoms with Gasteiger partial charge in [0.05, 0.1) is 0 Å². The highest BCUT2D eigenvalue weighted by molar-refractivity contribution is 6.29. The molecule has 74 valence electrons. The van der Waals surface area contributed by atoms with E-state index < -0.39 is 0 Å². The Morgan fingerprint density at radius 3 is 3.21 bits per heavy atom. The first-order chi connectivity index (χ1) is 6.72. The summed E-state index contributed by atoms with van der Waals surface area (Å²) in [4.78, 5) is 15.5. The van der Waals surface area contributed by atoms with Crippen LogP contribution in [0.3, 0.4) is 0 Å². The minimum atomic E-state index is -0.0472. The van der Waals surface area contributed by atoms with E-state index in [1.165, 1.54) is 0 Å². The molecule has 3 nitrogen and oxygen atoms in total. The number of carbonyl (C=O) groups is 1. The maximum absolute atomic E-state index is 11.5. The molecule has 1 amide bonds. The van der Waals surface area contributed by atoms with Crippen LogP contribution < -0.4 is 5.32 Å². The molecular weight excluding hydrogens is 200 g/mol. The van der Waals surface area contributed by atoms with Crippen LogP contribution in [0.1, 0.15) is 35.2 Å². The molecular formula is C10H11ClN2O. The Hall–Kier alpha value is -1.09. The molecule has 2 rings (SSSR count). The lowest BCUT2D eigenvalue weighted by molar-refractivity contribution is 0.0939. The van der Waals surface area contributed by atoms with E-state index in [-0.39, 0.29) is 5.91 Å². The number of nitrogens with zero attached hydrogens (tertiary/aromatic N) is 1. The van der Waals surface area contributed by atoms with Crippen molar-refractivity contribution in [2.75, 3.05) is 6.54 Å². The average Bonchev–Trinajstić information content (AvgIpc) is 2.19. The minimum Gasteiger partial charge on any atom is -0.351 e. The van der Waals surface area contributed by atoms with Gasteiger partial charge in [0.2, 0.25) is 0 Å². The van der Waals surface area contributed by atoms with E-state index in [0.29, 0.717) is 23.2 Å². The Labute approximate surface area is 87.5 Å². The largest absolute Gasteiger partial charge is 0.351 e. The van der Waals surface area contributed by atoms with Crippen molar-refractivity contribution in [2.45, 2.75) is 19.3 Å². The van der Waals surface area contributed by atoms with E-state index in [1.807, 2.05) is 0 Å². The predicted octanol–water partition coefficient (Wildman–Crippen LogP) is 1.97. The fraction of sp³-hybridized carbons (Fsp3) is 0.400. The van der Waals surface area contributed by atoms with Gasteiger partial charge in [-0.1, -0.05) is 18.5 Å². The van der Waals surface area contributed by atoms with Gasteiger partial charge in [-0.3, -0.25) is 4.79 Å². The lowest BCUT2D eigenvalue weighted by Gasteiger charge is -2.24. The highest BCUT2D eigenvalue weighted by Gasteiger charge is 2.24. The summed E-state index contributed by atoms with van der Waals surface area (Å²) in [6.07, 6.45) is 2.71. The first-order valence-electron chi connectivity index (χ1n) is 4.66. The van der Waals surface area contributed by atoms with Gasteiger partial charge in [0.1, 0.15) is 5.15 Å². The maximum Gasteiger partial charge on any atom is 0.251 e. The Morgan fingerprint density at radius 2 is 2.50 bits per heavy atom. The zero-order valence-electron chi connectivity index (χ0n) is 7.88. The number of carbonyl (C=O) groups excluding carboxylic acids is 1. The van der Waals surface area contributed by atoms with Gasteiger partial charge in [0, 0.05) is 24.2 Å². The number of halogens is 1. The topological polar surface area (TPSA) is 42.0 Å². The zero-order valence-corrected chi connectivity index (χ0v) is 8.64. The number of aromatic nitrogens is 1. The Morgan fingerprint density at radius 1 is 1.71 bits per heavy atom. The molecule has 1 aromatic heterocycles. The van der Waals surface area contributed by atoms with Crippen molar-refractivity contribution in [3.63, 3.8) is 0 Å². The van der Waals surface area contributed by atoms with Crippen molar-refractivity contribution >= 4 is 17.5 Å². The summed E-state index contributed by atoms with van der Waals surface area (Å²) in [5.41, 5.74) is 1.68. The van der Waals surface area contributed by atoms with Gasteiger partial charge in [-0.2, -0.15) is 0 Å². The number of nitrogens with one attached hydrogen (secondary N) is 1. The molecule has 14 heavy (non-hydrogen) atoms. The third-order valence-electron chi connectivity index (χ3n) is 2.59. The van der Waals surface area contributed by atoms with Crippen molar-refractivity contribution < 1.29 is 4.79 Å². The van der Waals surface area contributed by atoms with Gasteiger partial charge in [0.15, 0.2) is 0 Å². The summed E-state index contributed by atoms with van der Waals surface area (Å²) >= 11 is 5.74. The van der Waals surface area contributed by atoms with Crippen LogP contribution in [-0.4, -0.2) is 17.4 Å². The molecule has 4 heteroatoms. The van der Waals surface area contributed by atoms with Gasteiger partial charge in [-0.05, 0) is 18.1 Å². The second-order valence-corrected chi connectivity index (χ2v) is 3.80. The monoisotopic (exact) mass is 210 g/mol. The van der Waals surface area contributed by atoms with E-state index >= 15 is 0 Å². The average molecular weight is 211 g/mol. The Kier molecular flexibility index (Phi) is 2.42. The summed E-state index contributed by atoms with van der Waals surface area (Å²) in [5, 5.41) is 3.21. The van der Waals surface area contributed by atoms with Crippen molar-refractivity contribution in [3.8, 4) is 0 Å². The summed E-state index contributed by atoms with van der Waals surface area (Å²) in [7, 11) is 0. The zero-order chi connectivity index (χ0) is 10.1. The van der Waals surface area contributed by atoms with Crippen molar-refractivity contribution in [1.82, 2.24) is 10.3 Å². The summed E-state index contributed by atoms with van der Waals surface area (Å²) in [5.74, 6) is 0.321. The lowest BCUT2D eigenvalue weighted by Crippen LogP contribution is -2.34. The van der Waals surface area contributed by atoms with Gasteiger partial charge in [-0.25, -0.2) is 4.98 Å². The van der Waals surface area contributed by atoms with Crippen LogP contribution >= 0.6 is 11.6 Å². The van der Waals surface area contributed by atoms with E-state index in [1.54, 1.807) is 12.3 Å². The predicted molar refractivity (Wildman–Crippen MR) is 54.6 cm³/mol. The van der Waals surface area contributed by atoms with Crippen LogP contribution in [0.4, 0.5) is 0 Å². The summed E-state index contributed by atoms with van der Waals surface area (Å²) in [6.45, 7) is 2.80. The molecule has 0 spiro atoms. The van der Waals surface area contributed by atoms with Crippen LogP contribution in [0.5, 0.6) is 0 Å². The molecule has 0 aliphatic carbocycles. The second kappa shape index (κ2) is 3.58. The molecule has 1 unspecified atom stereocenters. The number of pyridine rings is 1. The molecule has 1 aliphatic rings. The molecule has 1 atom stereocenters. The fourth-order valence-electron chi connectivity index (χ4n) is 1.75. The van der Waals surface area contributed by atoms with Crippen molar-refractivity contribution in [2.24, 2.45) is 0 Å². The van der Waals surface area contributed by atoms with Gasteiger partial charge in [-0.15, -0.1) is 0 Å². The van der Waals surface area contributed by atoms with Crippen molar-refractivity contribution in [1.29, 1.82) is 0 Å². The van der Waals surface area contributed by atoms with Crippen LogP contribution in [-0.2, 0) is 0 Å². The highest BCUT2D eigenvalue weighted by Crippen LogP contribution is 2.26. The third kappa shape index (κ3) is 1.48. The lowest BCUT2D eigenvalue weighted by atomic mass is 9.90. The van der Waals surface area contributed by atoms with E-state index in [4.69, 9.17) is 11.6 Å². The standard InChI is InChI=1S/C10H11ClN2O/c1-2-6-4-13-10(14)7-3-9(11)12-5-8(6)7/h3,5-6H,2,4H2,1H3,(H,13,14). The van der Waals surface area contributed by atoms with Gasteiger partial charge >= 0.3 is 0 Å².